The van der Waals surface area contributed by atoms with Crippen molar-refractivity contribution in [1.29, 1.82) is 0 Å². The van der Waals surface area contributed by atoms with Crippen molar-refractivity contribution < 1.29 is 18.3 Å². The number of nitrogens with zero attached hydrogens (tertiary/aromatic N) is 2. The van der Waals surface area contributed by atoms with Gasteiger partial charge in [-0.2, -0.15) is 0 Å². The molecule has 1 saturated heterocycles. The zero-order valence-electron chi connectivity index (χ0n) is 11.8. The molecule has 4 rings (SSSR count). The summed E-state index contributed by atoms with van der Waals surface area (Å²) < 4.78 is 32.6. The van der Waals surface area contributed by atoms with Gasteiger partial charge in [0.1, 0.15) is 12.6 Å². The fourth-order valence-electron chi connectivity index (χ4n) is 2.79. The van der Waals surface area contributed by atoms with Crippen LogP contribution in [0.3, 0.4) is 0 Å². The van der Waals surface area contributed by atoms with E-state index in [0.717, 1.165) is 17.1 Å². The number of carbonyl (C=O) groups excluding carboxylic acids is 1. The van der Waals surface area contributed by atoms with Crippen molar-refractivity contribution in [2.24, 2.45) is 0 Å². The first-order chi connectivity index (χ1) is 11.1. The first-order valence-electron chi connectivity index (χ1n) is 6.98. The Labute approximate surface area is 129 Å². The van der Waals surface area contributed by atoms with E-state index in [-0.39, 0.29) is 12.2 Å². The van der Waals surface area contributed by atoms with E-state index in [1.165, 1.54) is 17.0 Å². The summed E-state index contributed by atoms with van der Waals surface area (Å²) in [6.45, 7) is -0.0414. The molecule has 0 saturated carbocycles. The summed E-state index contributed by atoms with van der Waals surface area (Å²) in [5.74, 6) is -1.92. The molecule has 0 bridgehead atoms. The minimum Gasteiger partial charge on any atom is -0.447 e. The molecule has 2 heterocycles. The van der Waals surface area contributed by atoms with E-state index in [0.29, 0.717) is 5.69 Å². The molecule has 2 aromatic carbocycles. The summed E-state index contributed by atoms with van der Waals surface area (Å²) in [4.78, 5) is 20.5. The van der Waals surface area contributed by atoms with Crippen molar-refractivity contribution in [2.75, 3.05) is 11.5 Å². The van der Waals surface area contributed by atoms with E-state index in [2.05, 4.69) is 9.97 Å². The molecule has 0 radical (unpaired) electrons. The number of aromatic nitrogens is 2. The summed E-state index contributed by atoms with van der Waals surface area (Å²) in [5, 5.41) is 0. The number of amides is 1. The van der Waals surface area contributed by atoms with E-state index in [4.69, 9.17) is 4.74 Å². The Hall–Kier alpha value is -2.96. The average molecular weight is 315 g/mol. The fourth-order valence-corrected chi connectivity index (χ4v) is 2.79. The number of rotatable bonds is 2. The van der Waals surface area contributed by atoms with E-state index in [1.54, 1.807) is 24.5 Å². The highest BCUT2D eigenvalue weighted by atomic mass is 19.2. The average Bonchev–Trinajstić information content (AvgIpc) is 3.15. The molecule has 116 valence electrons. The number of carbonyl (C=O) groups is 1. The Balaban J connectivity index is 1.81. The van der Waals surface area contributed by atoms with Crippen LogP contribution >= 0.6 is 0 Å². The molecule has 1 atom stereocenters. The van der Waals surface area contributed by atoms with Crippen LogP contribution in [0.5, 0.6) is 0 Å². The van der Waals surface area contributed by atoms with Crippen LogP contribution in [0.15, 0.2) is 42.7 Å². The van der Waals surface area contributed by atoms with Gasteiger partial charge in [0, 0.05) is 5.56 Å². The van der Waals surface area contributed by atoms with Crippen molar-refractivity contribution in [2.45, 2.75) is 6.04 Å². The third-order valence-corrected chi connectivity index (χ3v) is 3.90. The molecule has 0 unspecified atom stereocenters. The van der Waals surface area contributed by atoms with Gasteiger partial charge in [-0.1, -0.05) is 12.1 Å². The molecular weight excluding hydrogens is 304 g/mol. The topological polar surface area (TPSA) is 58.2 Å². The molecule has 0 spiro atoms. The van der Waals surface area contributed by atoms with Gasteiger partial charge in [0.05, 0.1) is 23.0 Å². The number of fused-ring (bicyclic) bond motifs is 1. The maximum absolute atomic E-state index is 14.1. The number of aromatic amines is 1. The number of anilines is 1. The molecular formula is C16H11F2N3O2. The highest BCUT2D eigenvalue weighted by Crippen LogP contribution is 2.35. The summed E-state index contributed by atoms with van der Waals surface area (Å²) in [7, 11) is 0. The highest BCUT2D eigenvalue weighted by Gasteiger charge is 2.37. The first kappa shape index (κ1) is 13.7. The zero-order chi connectivity index (χ0) is 16.0. The van der Waals surface area contributed by atoms with Crippen molar-refractivity contribution in [3.05, 3.63) is 59.9 Å². The van der Waals surface area contributed by atoms with Crippen LogP contribution in [0.2, 0.25) is 0 Å². The van der Waals surface area contributed by atoms with Crippen LogP contribution in [-0.4, -0.2) is 22.7 Å². The number of hydrogen-bond donors (Lipinski definition) is 1. The van der Waals surface area contributed by atoms with Crippen molar-refractivity contribution >= 4 is 22.8 Å². The van der Waals surface area contributed by atoms with Crippen LogP contribution in [0.25, 0.3) is 11.0 Å². The monoisotopic (exact) mass is 315 g/mol. The Morgan fingerprint density at radius 3 is 3.00 bits per heavy atom. The van der Waals surface area contributed by atoms with Gasteiger partial charge in [-0.25, -0.2) is 18.6 Å². The second kappa shape index (κ2) is 5.05. The molecule has 1 aromatic heterocycles. The molecule has 23 heavy (non-hydrogen) atoms. The van der Waals surface area contributed by atoms with Gasteiger partial charge in [0.25, 0.3) is 0 Å². The van der Waals surface area contributed by atoms with E-state index < -0.39 is 23.8 Å². The van der Waals surface area contributed by atoms with Gasteiger partial charge < -0.3 is 9.72 Å². The first-order valence-corrected chi connectivity index (χ1v) is 6.98. The number of nitrogens with one attached hydrogen (secondary N) is 1. The lowest BCUT2D eigenvalue weighted by Crippen LogP contribution is -2.28. The minimum absolute atomic E-state index is 0.0414. The predicted octanol–water partition coefficient (Wildman–Crippen LogP) is 3.54. The van der Waals surface area contributed by atoms with Gasteiger partial charge in [0.15, 0.2) is 11.6 Å². The lowest BCUT2D eigenvalue weighted by molar-refractivity contribution is 0.178. The molecule has 1 fully saturated rings. The Morgan fingerprint density at radius 2 is 2.13 bits per heavy atom. The lowest BCUT2D eigenvalue weighted by Gasteiger charge is -2.22. The van der Waals surface area contributed by atoms with E-state index >= 15 is 0 Å². The van der Waals surface area contributed by atoms with E-state index in [9.17, 15) is 13.6 Å². The maximum Gasteiger partial charge on any atom is 0.415 e. The second-order valence-corrected chi connectivity index (χ2v) is 5.21. The number of cyclic esters (lactones) is 1. The normalized spacial score (nSPS) is 17.7. The number of halogens is 2. The number of H-pyrrole nitrogens is 1. The third kappa shape index (κ3) is 2.12. The van der Waals surface area contributed by atoms with Gasteiger partial charge in [-0.05, 0) is 24.3 Å². The van der Waals surface area contributed by atoms with Gasteiger partial charge in [0.2, 0.25) is 0 Å². The quantitative estimate of drug-likeness (QED) is 0.787. The minimum atomic E-state index is -0.969. The van der Waals surface area contributed by atoms with E-state index in [1.807, 2.05) is 0 Å². The van der Waals surface area contributed by atoms with Crippen LogP contribution in [0, 0.1) is 11.6 Å². The van der Waals surface area contributed by atoms with Crippen LogP contribution in [0.1, 0.15) is 11.6 Å². The van der Waals surface area contributed by atoms with Gasteiger partial charge >= 0.3 is 6.09 Å². The molecule has 5 nitrogen and oxygen atoms in total. The molecule has 7 heteroatoms. The predicted molar refractivity (Wildman–Crippen MR) is 79.0 cm³/mol. The van der Waals surface area contributed by atoms with Crippen molar-refractivity contribution in [3.63, 3.8) is 0 Å². The standard InChI is InChI=1S/C16H11F2N3O2/c17-11-3-1-2-10(15(11)18)14-7-23-16(22)21(14)9-4-5-12-13(6-9)20-8-19-12/h1-6,8,14H,7H2,(H,19,20)/t14-/m1/s1. The molecule has 1 N–H and O–H groups in total. The van der Waals surface area contributed by atoms with Crippen LogP contribution in [0.4, 0.5) is 19.3 Å². The summed E-state index contributed by atoms with van der Waals surface area (Å²) >= 11 is 0. The third-order valence-electron chi connectivity index (χ3n) is 3.90. The molecule has 0 aliphatic carbocycles. The van der Waals surface area contributed by atoms with Gasteiger partial charge in [-0.3, -0.25) is 4.90 Å². The van der Waals surface area contributed by atoms with Gasteiger partial charge in [-0.15, -0.1) is 0 Å². The number of hydrogen-bond acceptors (Lipinski definition) is 3. The Morgan fingerprint density at radius 1 is 1.26 bits per heavy atom. The number of benzene rings is 2. The second-order valence-electron chi connectivity index (χ2n) is 5.21. The molecule has 1 aliphatic heterocycles. The molecule has 3 aromatic rings. The zero-order valence-corrected chi connectivity index (χ0v) is 11.8. The molecule has 1 aliphatic rings. The summed E-state index contributed by atoms with van der Waals surface area (Å²) in [5.41, 5.74) is 2.09. The smallest absolute Gasteiger partial charge is 0.415 e. The number of imidazole rings is 1. The highest BCUT2D eigenvalue weighted by molar-refractivity contribution is 5.93. The van der Waals surface area contributed by atoms with Crippen LogP contribution in [-0.2, 0) is 4.74 Å². The largest absolute Gasteiger partial charge is 0.447 e. The van der Waals surface area contributed by atoms with Crippen molar-refractivity contribution in [1.82, 2.24) is 9.97 Å². The summed E-state index contributed by atoms with van der Waals surface area (Å²) in [6, 6.07) is 8.33. The lowest BCUT2D eigenvalue weighted by atomic mass is 10.1. The maximum atomic E-state index is 14.1. The van der Waals surface area contributed by atoms with Crippen molar-refractivity contribution in [3.8, 4) is 0 Å². The fraction of sp³-hybridized carbons (Fsp3) is 0.125. The molecule has 1 amide bonds. The Kier molecular flexibility index (Phi) is 3.00. The summed E-state index contributed by atoms with van der Waals surface area (Å²) in [6.07, 6.45) is 0.943. The SMILES string of the molecule is O=C1OC[C@H](c2cccc(F)c2F)N1c1ccc2nc[nH]c2c1. The van der Waals surface area contributed by atoms with Crippen LogP contribution < -0.4 is 4.90 Å². The number of ether oxygens (including phenoxy) is 1. The Bertz CT molecular complexity index is 909.